The van der Waals surface area contributed by atoms with E-state index in [1.807, 2.05) is 76.3 Å². The summed E-state index contributed by atoms with van der Waals surface area (Å²) in [6.45, 7) is 10.6. The van der Waals surface area contributed by atoms with Crippen LogP contribution in [-0.4, -0.2) is 95.0 Å². The number of benzene rings is 2. The van der Waals surface area contributed by atoms with Gasteiger partial charge in [0.15, 0.2) is 0 Å². The van der Waals surface area contributed by atoms with E-state index in [1.165, 1.54) is 6.33 Å². The number of hydrogen-bond acceptors (Lipinski definition) is 9. The van der Waals surface area contributed by atoms with Crippen LogP contribution in [0.5, 0.6) is 17.2 Å². The predicted molar refractivity (Wildman–Crippen MR) is 165 cm³/mol. The summed E-state index contributed by atoms with van der Waals surface area (Å²) in [6.07, 6.45) is 3.02. The number of likely N-dealkylation sites (N-methyl/N-ethyl adjacent to an activating group) is 2. The van der Waals surface area contributed by atoms with Crippen molar-refractivity contribution < 1.29 is 14.3 Å². The van der Waals surface area contributed by atoms with Crippen molar-refractivity contribution in [2.75, 3.05) is 58.7 Å². The van der Waals surface area contributed by atoms with Crippen molar-refractivity contribution in [1.82, 2.24) is 29.7 Å². The second-order valence-corrected chi connectivity index (χ2v) is 11.0. The van der Waals surface area contributed by atoms with Crippen molar-refractivity contribution in [3.63, 3.8) is 0 Å². The summed E-state index contributed by atoms with van der Waals surface area (Å²) in [4.78, 5) is 32.4. The Hall–Kier alpha value is -4.28. The van der Waals surface area contributed by atoms with Crippen LogP contribution in [0.4, 0.5) is 11.5 Å². The van der Waals surface area contributed by atoms with Crippen LogP contribution >= 0.6 is 0 Å². The van der Waals surface area contributed by atoms with Gasteiger partial charge in [-0.05, 0) is 75.8 Å². The summed E-state index contributed by atoms with van der Waals surface area (Å²) < 4.78 is 12.4. The van der Waals surface area contributed by atoms with Crippen LogP contribution in [0.2, 0.25) is 0 Å². The van der Waals surface area contributed by atoms with E-state index in [0.717, 1.165) is 59.8 Å². The summed E-state index contributed by atoms with van der Waals surface area (Å²) in [7, 11) is 3.95. The molecule has 2 aromatic heterocycles. The van der Waals surface area contributed by atoms with Gasteiger partial charge in [-0.15, -0.1) is 0 Å². The molecule has 0 unspecified atom stereocenters. The van der Waals surface area contributed by atoms with Gasteiger partial charge in [-0.2, -0.15) is 0 Å². The number of pyridine rings is 1. The number of anilines is 2. The second kappa shape index (κ2) is 13.1. The average molecular weight is 570 g/mol. The Morgan fingerprint density at radius 3 is 2.57 bits per heavy atom. The predicted octanol–water partition coefficient (Wildman–Crippen LogP) is 4.65. The molecule has 0 aliphatic carbocycles. The Morgan fingerprint density at radius 1 is 1.02 bits per heavy atom. The minimum atomic E-state index is -0.236. The largest absolute Gasteiger partial charge is 0.488 e. The van der Waals surface area contributed by atoms with Gasteiger partial charge in [0.1, 0.15) is 35.5 Å². The molecule has 10 heteroatoms. The lowest BCUT2D eigenvalue weighted by Gasteiger charge is -2.33. The fourth-order valence-electron chi connectivity index (χ4n) is 4.95. The van der Waals surface area contributed by atoms with Crippen molar-refractivity contribution >= 4 is 28.3 Å². The maximum Gasteiger partial charge on any atom is 0.236 e. The van der Waals surface area contributed by atoms with Crippen LogP contribution < -0.4 is 14.8 Å². The zero-order valence-electron chi connectivity index (χ0n) is 25.0. The van der Waals surface area contributed by atoms with Crippen LogP contribution in [0, 0.1) is 13.8 Å². The van der Waals surface area contributed by atoms with Crippen LogP contribution in [0.25, 0.3) is 10.9 Å². The molecule has 1 fully saturated rings. The van der Waals surface area contributed by atoms with Gasteiger partial charge in [0.05, 0.1) is 30.2 Å². The third-order valence-corrected chi connectivity index (χ3v) is 7.41. The molecule has 1 aliphatic heterocycles. The Balaban J connectivity index is 1.27. The lowest BCUT2D eigenvalue weighted by Crippen LogP contribution is -2.49. The van der Waals surface area contributed by atoms with E-state index in [2.05, 4.69) is 37.1 Å². The molecule has 1 aliphatic rings. The Morgan fingerprint density at radius 2 is 1.83 bits per heavy atom. The number of carbonyl (C=O) groups is 1. The van der Waals surface area contributed by atoms with Crippen LogP contribution in [-0.2, 0) is 4.79 Å². The summed E-state index contributed by atoms with van der Waals surface area (Å²) >= 11 is 0. The van der Waals surface area contributed by atoms with E-state index in [1.54, 1.807) is 11.1 Å². The summed E-state index contributed by atoms with van der Waals surface area (Å²) in [5, 5.41) is 4.21. The smallest absolute Gasteiger partial charge is 0.236 e. The number of hydrogen-bond donors (Lipinski definition) is 1. The molecule has 0 spiro atoms. The first kappa shape index (κ1) is 29.2. The molecule has 220 valence electrons. The fourth-order valence-corrected chi connectivity index (χ4v) is 4.95. The van der Waals surface area contributed by atoms with Gasteiger partial charge in [0.2, 0.25) is 5.91 Å². The van der Waals surface area contributed by atoms with Crippen molar-refractivity contribution in [2.24, 2.45) is 0 Å². The number of ether oxygens (including phenoxy) is 2. The third-order valence-electron chi connectivity index (χ3n) is 7.41. The van der Waals surface area contributed by atoms with Crippen LogP contribution in [0.3, 0.4) is 0 Å². The summed E-state index contributed by atoms with van der Waals surface area (Å²) in [5.41, 5.74) is 3.53. The first-order chi connectivity index (χ1) is 20.2. The lowest BCUT2D eigenvalue weighted by molar-refractivity contribution is -0.132. The van der Waals surface area contributed by atoms with Crippen molar-refractivity contribution in [2.45, 2.75) is 26.9 Å². The van der Waals surface area contributed by atoms with Gasteiger partial charge in [0, 0.05) is 44.6 Å². The third kappa shape index (κ3) is 7.32. The number of fused-ring (bicyclic) bond motifs is 1. The highest BCUT2D eigenvalue weighted by Gasteiger charge is 2.21. The molecule has 1 amide bonds. The van der Waals surface area contributed by atoms with E-state index in [4.69, 9.17) is 9.47 Å². The summed E-state index contributed by atoms with van der Waals surface area (Å²) in [5.74, 6) is 2.83. The number of amides is 1. The number of rotatable bonds is 10. The molecule has 4 aromatic rings. The minimum Gasteiger partial charge on any atom is -0.488 e. The second-order valence-electron chi connectivity index (χ2n) is 11.0. The van der Waals surface area contributed by atoms with Crippen molar-refractivity contribution in [3.05, 3.63) is 72.3 Å². The van der Waals surface area contributed by atoms with Crippen LogP contribution in [0.15, 0.2) is 61.1 Å². The zero-order valence-corrected chi connectivity index (χ0v) is 25.0. The standard InChI is InChI=1S/C32H39N7O3/c1-22-17-25(10-12-28(22)42-26-11-9-23(2)33-18-26)36-32-31-27(34-21-35-32)7-6-8-29(31)41-24(3)19-38(5)30(40)20-39-15-13-37(4)14-16-39/h6-12,17-18,21,24H,13-16,19-20H2,1-5H3,(H,34,35,36)/t24-/m1/s1. The van der Waals surface area contributed by atoms with Gasteiger partial charge in [-0.3, -0.25) is 14.7 Å². The lowest BCUT2D eigenvalue weighted by atomic mass is 10.1. The van der Waals surface area contributed by atoms with E-state index in [9.17, 15) is 4.79 Å². The number of aryl methyl sites for hydroxylation is 2. The van der Waals surface area contributed by atoms with E-state index in [0.29, 0.717) is 30.4 Å². The van der Waals surface area contributed by atoms with Gasteiger partial charge in [-0.25, -0.2) is 9.97 Å². The van der Waals surface area contributed by atoms with Crippen molar-refractivity contribution in [1.29, 1.82) is 0 Å². The van der Waals surface area contributed by atoms with E-state index >= 15 is 0 Å². The minimum absolute atomic E-state index is 0.0973. The Bertz CT molecular complexity index is 1520. The quantitative estimate of drug-likeness (QED) is 0.293. The molecule has 10 nitrogen and oxygen atoms in total. The molecule has 0 bridgehead atoms. The molecule has 0 radical (unpaired) electrons. The Kier molecular flexibility index (Phi) is 9.14. The molecular weight excluding hydrogens is 530 g/mol. The number of aromatic nitrogens is 3. The number of nitrogens with one attached hydrogen (secondary N) is 1. The molecule has 1 saturated heterocycles. The molecule has 3 heterocycles. The van der Waals surface area contributed by atoms with Gasteiger partial charge >= 0.3 is 0 Å². The molecular formula is C32H39N7O3. The Labute approximate surface area is 247 Å². The highest BCUT2D eigenvalue weighted by Crippen LogP contribution is 2.34. The molecule has 0 saturated carbocycles. The number of piperazine rings is 1. The average Bonchev–Trinajstić information content (AvgIpc) is 2.97. The molecule has 2 aromatic carbocycles. The first-order valence-electron chi connectivity index (χ1n) is 14.3. The van der Waals surface area contributed by atoms with E-state index in [-0.39, 0.29) is 12.0 Å². The highest BCUT2D eigenvalue weighted by molar-refractivity contribution is 5.95. The van der Waals surface area contributed by atoms with Gasteiger partial charge in [0.25, 0.3) is 0 Å². The molecule has 1 N–H and O–H groups in total. The topological polar surface area (TPSA) is 95.9 Å². The van der Waals surface area contributed by atoms with Crippen molar-refractivity contribution in [3.8, 4) is 17.2 Å². The normalized spacial score (nSPS) is 14.9. The molecule has 1 atom stereocenters. The molecule has 42 heavy (non-hydrogen) atoms. The fraction of sp³-hybridized carbons (Fsp3) is 0.375. The van der Waals surface area contributed by atoms with E-state index < -0.39 is 0 Å². The monoisotopic (exact) mass is 569 g/mol. The van der Waals surface area contributed by atoms with Gasteiger partial charge in [-0.1, -0.05) is 6.07 Å². The van der Waals surface area contributed by atoms with Gasteiger partial charge < -0.3 is 24.6 Å². The van der Waals surface area contributed by atoms with Crippen LogP contribution in [0.1, 0.15) is 18.2 Å². The maximum absolute atomic E-state index is 12.9. The maximum atomic E-state index is 12.9. The number of nitrogens with zero attached hydrogens (tertiary/aromatic N) is 6. The first-order valence-corrected chi connectivity index (χ1v) is 14.3. The zero-order chi connectivity index (χ0) is 29.6. The molecule has 5 rings (SSSR count). The number of carbonyl (C=O) groups excluding carboxylic acids is 1. The summed E-state index contributed by atoms with van der Waals surface area (Å²) in [6, 6.07) is 15.5. The SMILES string of the molecule is Cc1ccc(Oc2ccc(Nc3ncnc4cccc(O[C@H](C)CN(C)C(=O)CN5CCN(C)CC5)c34)cc2C)cn1. The highest BCUT2D eigenvalue weighted by atomic mass is 16.5.